The van der Waals surface area contributed by atoms with Gasteiger partial charge in [0.25, 0.3) is 0 Å². The third-order valence-corrected chi connectivity index (χ3v) is 11.2. The fourth-order valence-corrected chi connectivity index (χ4v) is 8.12. The summed E-state index contributed by atoms with van der Waals surface area (Å²) in [7, 11) is -3.39. The van der Waals surface area contributed by atoms with Crippen LogP contribution >= 0.6 is 0 Å². The molecule has 2 fully saturated rings. The second-order valence-corrected chi connectivity index (χ2v) is 13.7. The molecule has 40 heavy (non-hydrogen) atoms. The molecule has 3 N–H and O–H groups in total. The molecular weight excluding hydrogens is 526 g/mol. The lowest BCUT2D eigenvalue weighted by molar-refractivity contribution is -0.118. The number of rotatable bonds is 11. The number of nitrogens with zero attached hydrogens (tertiary/aromatic N) is 1. The molecule has 8 nitrogen and oxygen atoms in total. The predicted octanol–water partition coefficient (Wildman–Crippen LogP) is 2.86. The molecule has 3 atom stereocenters. The predicted molar refractivity (Wildman–Crippen MR) is 153 cm³/mol. The van der Waals surface area contributed by atoms with Gasteiger partial charge in [-0.3, -0.25) is 9.59 Å². The fraction of sp³-hybridized carbons (Fsp3) is 0.484. The maximum atomic E-state index is 13.3. The summed E-state index contributed by atoms with van der Waals surface area (Å²) in [4.78, 5) is 26.5. The number of likely N-dealkylation sites (tertiary alicyclic amines) is 1. The lowest BCUT2D eigenvalue weighted by Crippen LogP contribution is -2.48. The molecule has 5 rings (SSSR count). The molecule has 1 aliphatic carbocycles. The highest BCUT2D eigenvalue weighted by molar-refractivity contribution is 7.93. The first-order valence-electron chi connectivity index (χ1n) is 14.3. The zero-order chi connectivity index (χ0) is 28.3. The van der Waals surface area contributed by atoms with Gasteiger partial charge in [-0.25, -0.2) is 8.42 Å². The minimum atomic E-state index is -3.39. The zero-order valence-corrected chi connectivity index (χ0v) is 23.8. The van der Waals surface area contributed by atoms with Gasteiger partial charge < -0.3 is 20.6 Å². The average molecular weight is 566 g/mol. The van der Waals surface area contributed by atoms with Gasteiger partial charge in [0, 0.05) is 37.8 Å². The molecule has 0 radical (unpaired) electrons. The van der Waals surface area contributed by atoms with Crippen LogP contribution in [0.25, 0.3) is 0 Å². The second-order valence-electron chi connectivity index (χ2n) is 11.4. The van der Waals surface area contributed by atoms with Crippen LogP contribution in [0.15, 0.2) is 65.7 Å². The van der Waals surface area contributed by atoms with Crippen molar-refractivity contribution in [1.29, 1.82) is 0 Å². The van der Waals surface area contributed by atoms with Crippen LogP contribution in [0.4, 0.5) is 0 Å². The summed E-state index contributed by atoms with van der Waals surface area (Å²) in [6.07, 6.45) is 6.49. The van der Waals surface area contributed by atoms with Gasteiger partial charge in [0.2, 0.25) is 5.91 Å². The van der Waals surface area contributed by atoms with E-state index < -0.39 is 26.7 Å². The van der Waals surface area contributed by atoms with Crippen LogP contribution in [0.1, 0.15) is 61.8 Å². The van der Waals surface area contributed by atoms with Gasteiger partial charge in [-0.2, -0.15) is 0 Å². The van der Waals surface area contributed by atoms with E-state index in [0.29, 0.717) is 56.5 Å². The van der Waals surface area contributed by atoms with Gasteiger partial charge in [-0.1, -0.05) is 49.4 Å². The summed E-state index contributed by atoms with van der Waals surface area (Å²) in [5.41, 5.74) is 2.96. The van der Waals surface area contributed by atoms with E-state index in [1.165, 1.54) is 6.08 Å². The van der Waals surface area contributed by atoms with E-state index in [-0.39, 0.29) is 24.3 Å². The van der Waals surface area contributed by atoms with Crippen molar-refractivity contribution in [1.82, 2.24) is 15.5 Å². The van der Waals surface area contributed by atoms with Gasteiger partial charge in [0.15, 0.2) is 15.6 Å². The molecule has 2 aromatic rings. The standard InChI is InChI=1S/C31H39N3O5S/c1-2-22-9-11-29-25(18-22)27(19-31(14-15-31)40(29,38)39)32-20-28(36)26(10-8-23-6-4-3-5-7-23)33-30(37)13-17-34-16-12-24(35)21-34/h3-7,9,11,13,17-18,26-28,32,36H,2,8,10,12,14-16,19-21H2,1H3,(H,33,37)/b17-13+/t26-,27-,28+/m0/s1. The number of Topliss-reactive ketones (excluding diaryl/α,β-unsaturated/α-hetero) is 1. The number of carbonyl (C=O) groups is 2. The molecule has 2 aliphatic heterocycles. The second kappa shape index (κ2) is 11.8. The SMILES string of the molecule is CCc1ccc2c(c1)[C@@H](NC[C@@H](O)[C@H](CCc1ccccc1)NC(=O)/C=C/N1CCC(=O)C1)CC1(CC1)S2(=O)=O. The van der Waals surface area contributed by atoms with Crippen LogP contribution in [-0.4, -0.2) is 66.6 Å². The molecule has 1 spiro atoms. The highest BCUT2D eigenvalue weighted by atomic mass is 32.2. The van der Waals surface area contributed by atoms with Gasteiger partial charge in [-0.15, -0.1) is 0 Å². The highest BCUT2D eigenvalue weighted by Crippen LogP contribution is 2.56. The molecule has 2 heterocycles. The summed E-state index contributed by atoms with van der Waals surface area (Å²) < 4.78 is 26.0. The van der Waals surface area contributed by atoms with Gasteiger partial charge in [0.1, 0.15) is 0 Å². The van der Waals surface area contributed by atoms with Crippen LogP contribution in [-0.2, 0) is 32.3 Å². The van der Waals surface area contributed by atoms with E-state index in [1.54, 1.807) is 12.3 Å². The third-order valence-electron chi connectivity index (χ3n) is 8.55. The van der Waals surface area contributed by atoms with Gasteiger partial charge >= 0.3 is 0 Å². The normalized spacial score (nSPS) is 22.3. The number of hydrogen-bond acceptors (Lipinski definition) is 7. The average Bonchev–Trinajstić information content (AvgIpc) is 3.63. The summed E-state index contributed by atoms with van der Waals surface area (Å²) in [6.45, 7) is 3.17. The number of ketones is 1. The van der Waals surface area contributed by atoms with Crippen LogP contribution in [0.3, 0.4) is 0 Å². The number of aryl methyl sites for hydroxylation is 2. The highest BCUT2D eigenvalue weighted by Gasteiger charge is 2.59. The number of sulfone groups is 1. The molecule has 1 amide bonds. The molecule has 0 bridgehead atoms. The minimum Gasteiger partial charge on any atom is -0.390 e. The number of fused-ring (bicyclic) bond motifs is 1. The summed E-state index contributed by atoms with van der Waals surface area (Å²) in [5, 5.41) is 17.7. The first-order chi connectivity index (χ1) is 19.2. The van der Waals surface area contributed by atoms with Crippen molar-refractivity contribution in [2.75, 3.05) is 19.6 Å². The molecule has 9 heteroatoms. The Kier molecular flexibility index (Phi) is 8.44. The Morgan fingerprint density at radius 1 is 1.18 bits per heavy atom. The van der Waals surface area contributed by atoms with Crippen molar-refractivity contribution < 1.29 is 23.1 Å². The van der Waals surface area contributed by atoms with Crippen LogP contribution in [0.2, 0.25) is 0 Å². The number of nitrogens with one attached hydrogen (secondary N) is 2. The first kappa shape index (κ1) is 28.5. The van der Waals surface area contributed by atoms with E-state index in [9.17, 15) is 23.1 Å². The summed E-state index contributed by atoms with van der Waals surface area (Å²) in [6, 6.07) is 14.8. The van der Waals surface area contributed by atoms with Crippen molar-refractivity contribution in [3.8, 4) is 0 Å². The lowest BCUT2D eigenvalue weighted by atomic mass is 9.96. The van der Waals surface area contributed by atoms with Crippen molar-refractivity contribution in [3.05, 3.63) is 77.5 Å². The molecule has 2 aromatic carbocycles. The summed E-state index contributed by atoms with van der Waals surface area (Å²) in [5.74, 6) is -0.168. The number of aliphatic hydroxyl groups is 1. The quantitative estimate of drug-likeness (QED) is 0.359. The topological polar surface area (TPSA) is 116 Å². The molecule has 0 unspecified atom stereocenters. The Bertz CT molecular complexity index is 1370. The third kappa shape index (κ3) is 6.16. The largest absolute Gasteiger partial charge is 0.390 e. The number of benzene rings is 2. The van der Waals surface area contributed by atoms with E-state index in [0.717, 1.165) is 23.1 Å². The van der Waals surface area contributed by atoms with Crippen LogP contribution in [0.5, 0.6) is 0 Å². The van der Waals surface area contributed by atoms with Crippen molar-refractivity contribution in [3.63, 3.8) is 0 Å². The molecule has 3 aliphatic rings. The Morgan fingerprint density at radius 3 is 2.62 bits per heavy atom. The fourth-order valence-electron chi connectivity index (χ4n) is 5.87. The molecule has 1 saturated carbocycles. The lowest BCUT2D eigenvalue weighted by Gasteiger charge is -2.34. The van der Waals surface area contributed by atoms with Gasteiger partial charge in [0.05, 0.1) is 28.3 Å². The van der Waals surface area contributed by atoms with E-state index >= 15 is 0 Å². The number of hydrogen-bond donors (Lipinski definition) is 3. The maximum Gasteiger partial charge on any atom is 0.245 e. The van der Waals surface area contributed by atoms with E-state index in [4.69, 9.17) is 0 Å². The summed E-state index contributed by atoms with van der Waals surface area (Å²) >= 11 is 0. The van der Waals surface area contributed by atoms with Gasteiger partial charge in [-0.05, 0) is 61.3 Å². The minimum absolute atomic E-state index is 0.156. The maximum absolute atomic E-state index is 13.3. The van der Waals surface area contributed by atoms with E-state index in [1.807, 2.05) is 54.3 Å². The molecule has 1 saturated heterocycles. The van der Waals surface area contributed by atoms with Crippen LogP contribution in [0, 0.1) is 0 Å². The van der Waals surface area contributed by atoms with Crippen molar-refractivity contribution in [2.24, 2.45) is 0 Å². The van der Waals surface area contributed by atoms with E-state index in [2.05, 4.69) is 10.6 Å². The zero-order valence-electron chi connectivity index (χ0n) is 23.0. The monoisotopic (exact) mass is 565 g/mol. The Balaban J connectivity index is 1.29. The number of carbonyl (C=O) groups excluding carboxylic acids is 2. The van der Waals surface area contributed by atoms with Crippen molar-refractivity contribution in [2.45, 2.75) is 79.7 Å². The Morgan fingerprint density at radius 2 is 1.95 bits per heavy atom. The molecule has 0 aromatic heterocycles. The molecule has 214 valence electrons. The Hall–Kier alpha value is -3.01. The van der Waals surface area contributed by atoms with Crippen LogP contribution < -0.4 is 10.6 Å². The Labute approximate surface area is 236 Å². The number of amides is 1. The van der Waals surface area contributed by atoms with Crippen molar-refractivity contribution >= 4 is 21.5 Å². The first-order valence-corrected chi connectivity index (χ1v) is 15.8. The smallest absolute Gasteiger partial charge is 0.245 e. The number of aliphatic hydroxyl groups excluding tert-OH is 1. The molecular formula is C31H39N3O5S.